The summed E-state index contributed by atoms with van der Waals surface area (Å²) < 4.78 is 32.7. The van der Waals surface area contributed by atoms with Gasteiger partial charge in [0, 0.05) is 4.88 Å². The molecule has 0 spiro atoms. The maximum absolute atomic E-state index is 12.3. The van der Waals surface area contributed by atoms with Gasteiger partial charge in [0.1, 0.15) is 15.8 Å². The van der Waals surface area contributed by atoms with Crippen LogP contribution >= 0.6 is 11.3 Å². The Morgan fingerprint density at radius 3 is 2.71 bits per heavy atom. The van der Waals surface area contributed by atoms with Crippen molar-refractivity contribution in [2.45, 2.75) is 24.1 Å². The first-order valence-electron chi connectivity index (χ1n) is 7.40. The van der Waals surface area contributed by atoms with E-state index in [1.807, 2.05) is 25.1 Å². The van der Waals surface area contributed by atoms with Crippen LogP contribution in [0.5, 0.6) is 0 Å². The van der Waals surface area contributed by atoms with Crippen LogP contribution in [0.4, 0.5) is 11.5 Å². The fourth-order valence-electron chi connectivity index (χ4n) is 2.04. The van der Waals surface area contributed by atoms with Gasteiger partial charge in [0.15, 0.2) is 0 Å². The molecule has 6 nitrogen and oxygen atoms in total. The fraction of sp³-hybridized carbons (Fsp3) is 0.188. The van der Waals surface area contributed by atoms with Crippen LogP contribution in [0.3, 0.4) is 0 Å². The molecule has 3 heterocycles. The molecule has 0 fully saturated rings. The van der Waals surface area contributed by atoms with Crippen molar-refractivity contribution in [1.29, 1.82) is 0 Å². The first-order chi connectivity index (χ1) is 11.6. The van der Waals surface area contributed by atoms with Gasteiger partial charge in [-0.25, -0.2) is 13.4 Å². The molecule has 8 heteroatoms. The third kappa shape index (κ3) is 3.95. The van der Waals surface area contributed by atoms with E-state index in [1.54, 1.807) is 30.7 Å². The zero-order valence-electron chi connectivity index (χ0n) is 13.0. The fourth-order valence-corrected chi connectivity index (χ4v) is 4.35. The second kappa shape index (κ2) is 7.06. The first kappa shape index (κ1) is 16.5. The average molecular weight is 363 g/mol. The number of hydrogen-bond acceptors (Lipinski definition) is 6. The van der Waals surface area contributed by atoms with Crippen molar-refractivity contribution in [3.05, 3.63) is 59.5 Å². The molecular formula is C16H17N3O3S2. The lowest BCUT2D eigenvalue weighted by Crippen LogP contribution is -2.12. The van der Waals surface area contributed by atoms with E-state index in [0.717, 1.165) is 22.7 Å². The average Bonchev–Trinajstić information content (AvgIpc) is 3.25. The lowest BCUT2D eigenvalue weighted by molar-refractivity contribution is 0.518. The molecule has 0 bridgehead atoms. The third-order valence-electron chi connectivity index (χ3n) is 3.30. The van der Waals surface area contributed by atoms with Crippen LogP contribution in [0.2, 0.25) is 0 Å². The number of furan rings is 1. The van der Waals surface area contributed by atoms with Gasteiger partial charge in [-0.2, -0.15) is 0 Å². The number of anilines is 2. The molecule has 3 aromatic rings. The highest BCUT2D eigenvalue weighted by atomic mass is 32.2. The van der Waals surface area contributed by atoms with Crippen molar-refractivity contribution < 1.29 is 12.8 Å². The van der Waals surface area contributed by atoms with Gasteiger partial charge >= 0.3 is 0 Å². The van der Waals surface area contributed by atoms with Crippen LogP contribution in [0.25, 0.3) is 0 Å². The van der Waals surface area contributed by atoms with Gasteiger partial charge in [0.25, 0.3) is 10.0 Å². The molecule has 0 radical (unpaired) electrons. The van der Waals surface area contributed by atoms with E-state index < -0.39 is 10.0 Å². The number of sulfonamides is 1. The summed E-state index contributed by atoms with van der Waals surface area (Å²) in [7, 11) is -3.59. The van der Waals surface area contributed by atoms with Crippen molar-refractivity contribution in [2.24, 2.45) is 0 Å². The van der Waals surface area contributed by atoms with Gasteiger partial charge in [0.05, 0.1) is 24.7 Å². The van der Waals surface area contributed by atoms with Crippen LogP contribution in [-0.4, -0.2) is 13.4 Å². The lowest BCUT2D eigenvalue weighted by Gasteiger charge is -2.07. The largest absolute Gasteiger partial charge is 0.467 e. The van der Waals surface area contributed by atoms with Gasteiger partial charge in [-0.1, -0.05) is 6.92 Å². The standard InChI is InChI=1S/C16H17N3O3S2/c1-2-14-6-8-16(23-14)24(20,21)19-15-7-5-12(10-18-15)17-11-13-4-3-9-22-13/h3-10,17H,2,11H2,1H3,(H,18,19). The molecule has 0 unspecified atom stereocenters. The van der Waals surface area contributed by atoms with Crippen LogP contribution < -0.4 is 10.0 Å². The van der Waals surface area contributed by atoms with Crippen molar-refractivity contribution in [2.75, 3.05) is 10.0 Å². The highest BCUT2D eigenvalue weighted by molar-refractivity contribution is 7.94. The summed E-state index contributed by atoms with van der Waals surface area (Å²) >= 11 is 1.27. The smallest absolute Gasteiger partial charge is 0.272 e. The van der Waals surface area contributed by atoms with Gasteiger partial charge in [0.2, 0.25) is 0 Å². The molecule has 0 saturated heterocycles. The molecule has 0 aromatic carbocycles. The molecule has 3 rings (SSSR count). The Morgan fingerprint density at radius 1 is 1.21 bits per heavy atom. The Bertz CT molecular complexity index is 885. The minimum Gasteiger partial charge on any atom is -0.467 e. The van der Waals surface area contributed by atoms with E-state index in [1.165, 1.54) is 11.3 Å². The summed E-state index contributed by atoms with van der Waals surface area (Å²) in [6.45, 7) is 2.53. The molecule has 2 N–H and O–H groups in total. The Hall–Kier alpha value is -2.32. The van der Waals surface area contributed by atoms with Gasteiger partial charge < -0.3 is 9.73 Å². The first-order valence-corrected chi connectivity index (χ1v) is 9.70. The monoisotopic (exact) mass is 363 g/mol. The number of thiophene rings is 1. The summed E-state index contributed by atoms with van der Waals surface area (Å²) in [6.07, 6.45) is 4.00. The summed E-state index contributed by atoms with van der Waals surface area (Å²) in [5.41, 5.74) is 0.777. The lowest BCUT2D eigenvalue weighted by atomic mass is 10.4. The number of pyridine rings is 1. The van der Waals surface area contributed by atoms with Crippen LogP contribution in [0.15, 0.2) is 57.5 Å². The van der Waals surface area contributed by atoms with Gasteiger partial charge in [-0.05, 0) is 42.8 Å². The predicted octanol–water partition coefficient (Wildman–Crippen LogP) is 3.71. The maximum Gasteiger partial charge on any atom is 0.272 e. The molecule has 0 aliphatic heterocycles. The van der Waals surface area contributed by atoms with E-state index in [9.17, 15) is 8.42 Å². The predicted molar refractivity (Wildman–Crippen MR) is 94.8 cm³/mol. The topological polar surface area (TPSA) is 84.2 Å². The Kier molecular flexibility index (Phi) is 4.86. The zero-order valence-corrected chi connectivity index (χ0v) is 14.7. The molecule has 126 valence electrons. The minimum atomic E-state index is -3.59. The second-order valence-corrected chi connectivity index (χ2v) is 8.12. The quantitative estimate of drug-likeness (QED) is 0.668. The second-order valence-electron chi connectivity index (χ2n) is 5.04. The molecule has 3 aromatic heterocycles. The van der Waals surface area contributed by atoms with Crippen molar-refractivity contribution in [3.63, 3.8) is 0 Å². The molecule has 0 aliphatic carbocycles. The molecular weight excluding hydrogens is 346 g/mol. The summed E-state index contributed by atoms with van der Waals surface area (Å²) in [5, 5.41) is 3.15. The van der Waals surface area contributed by atoms with Crippen molar-refractivity contribution in [1.82, 2.24) is 4.98 Å². The molecule has 24 heavy (non-hydrogen) atoms. The van der Waals surface area contributed by atoms with Gasteiger partial charge in [-0.15, -0.1) is 11.3 Å². The van der Waals surface area contributed by atoms with Crippen LogP contribution in [0.1, 0.15) is 17.6 Å². The van der Waals surface area contributed by atoms with Gasteiger partial charge in [-0.3, -0.25) is 4.72 Å². The number of hydrogen-bond donors (Lipinski definition) is 2. The van der Waals surface area contributed by atoms with E-state index >= 15 is 0 Å². The Morgan fingerprint density at radius 2 is 2.08 bits per heavy atom. The highest BCUT2D eigenvalue weighted by Gasteiger charge is 2.17. The summed E-state index contributed by atoms with van der Waals surface area (Å²) in [5.74, 6) is 1.09. The number of aromatic nitrogens is 1. The number of nitrogens with zero attached hydrogens (tertiary/aromatic N) is 1. The van der Waals surface area contributed by atoms with E-state index in [4.69, 9.17) is 4.42 Å². The van der Waals surface area contributed by atoms with Crippen molar-refractivity contribution >= 4 is 32.9 Å². The Labute approximate surface area is 144 Å². The summed E-state index contributed by atoms with van der Waals surface area (Å²) in [4.78, 5) is 5.17. The molecule has 0 saturated carbocycles. The summed E-state index contributed by atoms with van der Waals surface area (Å²) in [6, 6.07) is 10.5. The van der Waals surface area contributed by atoms with E-state index in [2.05, 4.69) is 15.0 Å². The molecule has 0 amide bonds. The van der Waals surface area contributed by atoms with Crippen molar-refractivity contribution in [3.8, 4) is 0 Å². The van der Waals surface area contributed by atoms with Crippen LogP contribution in [-0.2, 0) is 23.0 Å². The van der Waals surface area contributed by atoms with E-state index in [-0.39, 0.29) is 5.82 Å². The molecule has 0 atom stereocenters. The minimum absolute atomic E-state index is 0.282. The zero-order chi connectivity index (χ0) is 17.0. The highest BCUT2D eigenvalue weighted by Crippen LogP contribution is 2.24. The third-order valence-corrected chi connectivity index (χ3v) is 6.38. The van der Waals surface area contributed by atoms with E-state index in [0.29, 0.717) is 10.8 Å². The van der Waals surface area contributed by atoms with Crippen LogP contribution in [0, 0.1) is 0 Å². The maximum atomic E-state index is 12.3. The SMILES string of the molecule is CCc1ccc(S(=O)(=O)Nc2ccc(NCc3ccco3)cn2)s1. The number of aryl methyl sites for hydroxylation is 1. The number of rotatable bonds is 7. The number of nitrogens with one attached hydrogen (secondary N) is 2. The Balaban J connectivity index is 1.64. The normalized spacial score (nSPS) is 11.4. The molecule has 0 aliphatic rings.